The van der Waals surface area contributed by atoms with Crippen LogP contribution in [0.15, 0.2) is 61.2 Å². The maximum absolute atomic E-state index is 11.8. The lowest BCUT2D eigenvalue weighted by molar-refractivity contribution is -0.383. The van der Waals surface area contributed by atoms with Crippen molar-refractivity contribution in [3.05, 3.63) is 82.6 Å². The van der Waals surface area contributed by atoms with Gasteiger partial charge in [0.1, 0.15) is 6.33 Å². The molecule has 0 aliphatic rings. The van der Waals surface area contributed by atoms with E-state index in [0.29, 0.717) is 17.7 Å². The summed E-state index contributed by atoms with van der Waals surface area (Å²) in [7, 11) is 0. The van der Waals surface area contributed by atoms with Gasteiger partial charge in [-0.1, -0.05) is 24.3 Å². The Morgan fingerprint density at radius 1 is 1.07 bits per heavy atom. The Kier molecular flexibility index (Phi) is 4.93. The molecular weight excluding hydrogens is 370 g/mol. The number of nitro groups is 1. The van der Waals surface area contributed by atoms with Crippen molar-refractivity contribution in [2.45, 2.75) is 13.5 Å². The summed E-state index contributed by atoms with van der Waals surface area (Å²) in [5.74, 6) is 0.218. The van der Waals surface area contributed by atoms with Gasteiger partial charge in [0, 0.05) is 30.0 Å². The molecule has 144 valence electrons. The first-order chi connectivity index (χ1) is 14.1. The van der Waals surface area contributed by atoms with E-state index in [9.17, 15) is 10.1 Å². The highest BCUT2D eigenvalue weighted by Gasteiger charge is 2.23. The first-order valence-electron chi connectivity index (χ1n) is 8.87. The third-order valence-electron chi connectivity index (χ3n) is 4.30. The van der Waals surface area contributed by atoms with Crippen molar-refractivity contribution in [2.75, 3.05) is 10.6 Å². The van der Waals surface area contributed by atoms with Gasteiger partial charge in [-0.2, -0.15) is 0 Å². The Hall–Kier alpha value is -4.14. The minimum Gasteiger partial charge on any atom is -0.360 e. The molecular formula is C20H17N7O2. The average molecular weight is 387 g/mol. The molecule has 0 bridgehead atoms. The molecule has 0 fully saturated rings. The fourth-order valence-electron chi connectivity index (χ4n) is 2.93. The number of rotatable bonds is 6. The van der Waals surface area contributed by atoms with E-state index in [-0.39, 0.29) is 17.3 Å². The molecule has 29 heavy (non-hydrogen) atoms. The molecule has 0 radical (unpaired) electrons. The van der Waals surface area contributed by atoms with Gasteiger partial charge in [-0.05, 0) is 30.7 Å². The smallest absolute Gasteiger partial charge is 0.353 e. The van der Waals surface area contributed by atoms with E-state index in [1.165, 1.54) is 6.33 Å². The largest absolute Gasteiger partial charge is 0.360 e. The predicted octanol–water partition coefficient (Wildman–Crippen LogP) is 3.99. The number of aromatic nitrogens is 4. The van der Waals surface area contributed by atoms with Crippen molar-refractivity contribution in [1.82, 2.24) is 19.9 Å². The molecule has 3 aromatic heterocycles. The van der Waals surface area contributed by atoms with Crippen LogP contribution in [0.4, 0.5) is 23.0 Å². The molecule has 1 aromatic carbocycles. The number of pyridine rings is 2. The van der Waals surface area contributed by atoms with Gasteiger partial charge in [0.25, 0.3) is 0 Å². The first kappa shape index (κ1) is 18.2. The Morgan fingerprint density at radius 3 is 2.72 bits per heavy atom. The Balaban J connectivity index is 1.69. The zero-order chi connectivity index (χ0) is 20.2. The standard InChI is InChI=1S/C20H17N7O2/c1-13-7-8-15-5-2-6-16(17(15)25-13)26-20-18(27(28)29)19(23-12-24-20)22-11-14-4-3-9-21-10-14/h2-10,12H,11H2,1H3,(H2,22,23,24,26). The molecule has 4 aromatic rings. The van der Waals surface area contributed by atoms with Crippen molar-refractivity contribution in [2.24, 2.45) is 0 Å². The minimum absolute atomic E-state index is 0.0921. The molecule has 0 spiro atoms. The number of anilines is 3. The van der Waals surface area contributed by atoms with Gasteiger partial charge in [0.2, 0.25) is 11.6 Å². The van der Waals surface area contributed by atoms with Crippen LogP contribution in [0.1, 0.15) is 11.3 Å². The SMILES string of the molecule is Cc1ccc2cccc(Nc3ncnc(NCc4cccnc4)c3[N+](=O)[O-])c2n1. The summed E-state index contributed by atoms with van der Waals surface area (Å²) >= 11 is 0. The molecule has 2 N–H and O–H groups in total. The maximum atomic E-state index is 11.8. The van der Waals surface area contributed by atoms with E-state index in [1.54, 1.807) is 18.5 Å². The number of para-hydroxylation sites is 1. The summed E-state index contributed by atoms with van der Waals surface area (Å²) in [5.41, 5.74) is 2.84. The second-order valence-electron chi connectivity index (χ2n) is 6.35. The molecule has 9 heteroatoms. The molecule has 0 aliphatic carbocycles. The Morgan fingerprint density at radius 2 is 1.93 bits per heavy atom. The maximum Gasteiger partial charge on any atom is 0.353 e. The fourth-order valence-corrected chi connectivity index (χ4v) is 2.93. The number of nitrogens with zero attached hydrogens (tertiary/aromatic N) is 5. The number of benzene rings is 1. The second-order valence-corrected chi connectivity index (χ2v) is 6.35. The zero-order valence-electron chi connectivity index (χ0n) is 15.5. The summed E-state index contributed by atoms with van der Waals surface area (Å²) < 4.78 is 0. The summed E-state index contributed by atoms with van der Waals surface area (Å²) in [6, 6.07) is 13.1. The van der Waals surface area contributed by atoms with Crippen LogP contribution in [0.2, 0.25) is 0 Å². The van der Waals surface area contributed by atoms with E-state index in [2.05, 4.69) is 30.6 Å². The number of nitrogens with one attached hydrogen (secondary N) is 2. The number of aryl methyl sites for hydroxylation is 1. The van der Waals surface area contributed by atoms with Crippen LogP contribution >= 0.6 is 0 Å². The van der Waals surface area contributed by atoms with E-state index in [0.717, 1.165) is 16.6 Å². The monoisotopic (exact) mass is 387 g/mol. The second kappa shape index (κ2) is 7.85. The van der Waals surface area contributed by atoms with Crippen molar-refractivity contribution in [1.29, 1.82) is 0 Å². The van der Waals surface area contributed by atoms with Gasteiger partial charge in [-0.3, -0.25) is 20.1 Å². The molecule has 0 saturated carbocycles. The minimum atomic E-state index is -0.502. The lowest BCUT2D eigenvalue weighted by atomic mass is 10.1. The van der Waals surface area contributed by atoms with Crippen LogP contribution in [0.25, 0.3) is 10.9 Å². The Labute approximate surface area is 166 Å². The van der Waals surface area contributed by atoms with Gasteiger partial charge in [0.05, 0.1) is 16.1 Å². The summed E-state index contributed by atoms with van der Waals surface area (Å²) in [6.45, 7) is 2.24. The molecule has 0 unspecified atom stereocenters. The quantitative estimate of drug-likeness (QED) is 0.376. The van der Waals surface area contributed by atoms with Gasteiger partial charge in [-0.15, -0.1) is 0 Å². The highest BCUT2D eigenvalue weighted by Crippen LogP contribution is 2.33. The predicted molar refractivity (Wildman–Crippen MR) is 110 cm³/mol. The normalized spacial score (nSPS) is 10.7. The van der Waals surface area contributed by atoms with Crippen molar-refractivity contribution in [3.8, 4) is 0 Å². The molecule has 0 amide bonds. The van der Waals surface area contributed by atoms with E-state index in [1.807, 2.05) is 43.3 Å². The van der Waals surface area contributed by atoms with E-state index in [4.69, 9.17) is 0 Å². The van der Waals surface area contributed by atoms with Crippen LogP contribution in [0.3, 0.4) is 0 Å². The third-order valence-corrected chi connectivity index (χ3v) is 4.30. The fraction of sp³-hybridized carbons (Fsp3) is 0.100. The molecule has 4 rings (SSSR count). The number of hydrogen-bond acceptors (Lipinski definition) is 8. The average Bonchev–Trinajstić information content (AvgIpc) is 2.73. The Bertz CT molecular complexity index is 1180. The van der Waals surface area contributed by atoms with E-state index < -0.39 is 4.92 Å². The summed E-state index contributed by atoms with van der Waals surface area (Å²) in [5, 5.41) is 18.8. The number of fused-ring (bicyclic) bond motifs is 1. The van der Waals surface area contributed by atoms with Crippen LogP contribution in [-0.4, -0.2) is 24.9 Å². The third kappa shape index (κ3) is 3.93. The molecule has 9 nitrogen and oxygen atoms in total. The van der Waals surface area contributed by atoms with Crippen LogP contribution in [-0.2, 0) is 6.54 Å². The molecule has 0 aliphatic heterocycles. The first-order valence-corrected chi connectivity index (χ1v) is 8.87. The lowest BCUT2D eigenvalue weighted by Crippen LogP contribution is -2.08. The van der Waals surface area contributed by atoms with Gasteiger partial charge in [-0.25, -0.2) is 9.97 Å². The van der Waals surface area contributed by atoms with Crippen LogP contribution in [0.5, 0.6) is 0 Å². The zero-order valence-corrected chi connectivity index (χ0v) is 15.5. The summed E-state index contributed by atoms with van der Waals surface area (Å²) in [6.07, 6.45) is 4.63. The van der Waals surface area contributed by atoms with Gasteiger partial charge >= 0.3 is 5.69 Å². The molecule has 3 heterocycles. The van der Waals surface area contributed by atoms with Crippen molar-refractivity contribution >= 4 is 33.9 Å². The van der Waals surface area contributed by atoms with Crippen molar-refractivity contribution in [3.63, 3.8) is 0 Å². The van der Waals surface area contributed by atoms with E-state index >= 15 is 0 Å². The number of hydrogen-bond donors (Lipinski definition) is 2. The van der Waals surface area contributed by atoms with Gasteiger partial charge in [0.15, 0.2) is 0 Å². The van der Waals surface area contributed by atoms with Gasteiger partial charge < -0.3 is 10.6 Å². The van der Waals surface area contributed by atoms with Crippen LogP contribution in [0, 0.1) is 17.0 Å². The highest BCUT2D eigenvalue weighted by molar-refractivity contribution is 5.93. The van der Waals surface area contributed by atoms with Crippen molar-refractivity contribution < 1.29 is 4.92 Å². The summed E-state index contributed by atoms with van der Waals surface area (Å²) in [4.78, 5) is 28.0. The van der Waals surface area contributed by atoms with Crippen LogP contribution < -0.4 is 10.6 Å². The topological polar surface area (TPSA) is 119 Å². The molecule has 0 atom stereocenters. The lowest BCUT2D eigenvalue weighted by Gasteiger charge is -2.11. The highest BCUT2D eigenvalue weighted by atomic mass is 16.6. The molecule has 0 saturated heterocycles.